The lowest BCUT2D eigenvalue weighted by Crippen LogP contribution is -2.21. The Hall–Kier alpha value is -4.63. The number of phenols is 1. The highest BCUT2D eigenvalue weighted by molar-refractivity contribution is 5.85. The van der Waals surface area contributed by atoms with Crippen molar-refractivity contribution in [2.24, 2.45) is 5.73 Å². The number of nitrogens with two attached hydrogens (primary N) is 1. The molecule has 0 amide bonds. The van der Waals surface area contributed by atoms with Crippen LogP contribution in [0.15, 0.2) is 90.3 Å². The standard InChI is InChI=1S/C28H22N2O4/c1-32-26-13-18(27-22-11-10-20(31)14-25(22)34-28(30)23(27)15-29)9-12-24(26)33-16-19-7-4-6-17-5-2-3-8-21(17)19/h2-14,27,31H,16,30H2,1H3/t27-/m1/s1. The van der Waals surface area contributed by atoms with Gasteiger partial charge in [0.15, 0.2) is 11.5 Å². The van der Waals surface area contributed by atoms with E-state index in [1.807, 2.05) is 42.5 Å². The molecule has 1 aliphatic rings. The summed E-state index contributed by atoms with van der Waals surface area (Å²) in [4.78, 5) is 0. The zero-order valence-corrected chi connectivity index (χ0v) is 18.5. The minimum absolute atomic E-state index is 0.0147. The highest BCUT2D eigenvalue weighted by Crippen LogP contribution is 2.45. The molecule has 3 N–H and O–H groups in total. The number of methoxy groups -OCH3 is 1. The Kier molecular flexibility index (Phi) is 5.44. The first-order chi connectivity index (χ1) is 16.6. The average molecular weight is 450 g/mol. The van der Waals surface area contributed by atoms with Crippen LogP contribution in [0.1, 0.15) is 22.6 Å². The lowest BCUT2D eigenvalue weighted by molar-refractivity contribution is 0.285. The van der Waals surface area contributed by atoms with Crippen molar-refractivity contribution in [2.75, 3.05) is 7.11 Å². The maximum absolute atomic E-state index is 9.85. The van der Waals surface area contributed by atoms with E-state index < -0.39 is 5.92 Å². The fourth-order valence-corrected chi connectivity index (χ4v) is 4.34. The van der Waals surface area contributed by atoms with Crippen molar-refractivity contribution in [1.82, 2.24) is 0 Å². The number of rotatable bonds is 5. The molecule has 168 valence electrons. The van der Waals surface area contributed by atoms with Crippen molar-refractivity contribution < 1.29 is 19.3 Å². The number of hydrogen-bond acceptors (Lipinski definition) is 6. The summed E-state index contributed by atoms with van der Waals surface area (Å²) in [5, 5.41) is 21.9. The molecular weight excluding hydrogens is 428 g/mol. The Morgan fingerprint density at radius 2 is 1.82 bits per heavy atom. The van der Waals surface area contributed by atoms with Gasteiger partial charge in [-0.25, -0.2) is 0 Å². The van der Waals surface area contributed by atoms with Gasteiger partial charge in [0, 0.05) is 11.6 Å². The number of hydrogen-bond donors (Lipinski definition) is 2. The average Bonchev–Trinajstić information content (AvgIpc) is 2.86. The molecule has 6 nitrogen and oxygen atoms in total. The molecule has 5 rings (SSSR count). The second kappa shape index (κ2) is 8.72. The normalized spacial score (nSPS) is 14.8. The summed E-state index contributed by atoms with van der Waals surface area (Å²) in [6.45, 7) is 0.382. The molecule has 0 radical (unpaired) electrons. The van der Waals surface area contributed by atoms with Gasteiger partial charge in [0.1, 0.15) is 29.7 Å². The molecule has 6 heteroatoms. The summed E-state index contributed by atoms with van der Waals surface area (Å²) < 4.78 is 17.4. The van der Waals surface area contributed by atoms with E-state index in [0.29, 0.717) is 29.4 Å². The van der Waals surface area contributed by atoms with Crippen molar-refractivity contribution in [3.8, 4) is 29.1 Å². The second-order valence-electron chi connectivity index (χ2n) is 7.98. The third-order valence-corrected chi connectivity index (χ3v) is 5.99. The number of benzene rings is 4. The smallest absolute Gasteiger partial charge is 0.205 e. The largest absolute Gasteiger partial charge is 0.508 e. The van der Waals surface area contributed by atoms with E-state index in [2.05, 4.69) is 24.3 Å². The number of ether oxygens (including phenoxy) is 3. The van der Waals surface area contributed by atoms with Crippen LogP contribution in [0.25, 0.3) is 10.8 Å². The highest BCUT2D eigenvalue weighted by atomic mass is 16.5. The van der Waals surface area contributed by atoms with Crippen LogP contribution in [-0.2, 0) is 6.61 Å². The van der Waals surface area contributed by atoms with Gasteiger partial charge in [-0.3, -0.25) is 0 Å². The molecule has 0 unspecified atom stereocenters. The van der Waals surface area contributed by atoms with Gasteiger partial charge in [0.25, 0.3) is 0 Å². The molecule has 0 saturated carbocycles. The molecule has 0 aliphatic carbocycles. The molecule has 4 aromatic rings. The van der Waals surface area contributed by atoms with E-state index in [0.717, 1.165) is 27.5 Å². The van der Waals surface area contributed by atoms with E-state index in [1.54, 1.807) is 19.2 Å². The van der Waals surface area contributed by atoms with Gasteiger partial charge in [-0.05, 0) is 40.1 Å². The highest BCUT2D eigenvalue weighted by Gasteiger charge is 2.31. The van der Waals surface area contributed by atoms with Crippen molar-refractivity contribution in [2.45, 2.75) is 12.5 Å². The number of nitrogens with zero attached hydrogens (tertiary/aromatic N) is 1. The summed E-state index contributed by atoms with van der Waals surface area (Å²) in [5.41, 5.74) is 8.93. The molecule has 1 aliphatic heterocycles. The van der Waals surface area contributed by atoms with Gasteiger partial charge >= 0.3 is 0 Å². The zero-order chi connectivity index (χ0) is 23.7. The van der Waals surface area contributed by atoms with E-state index >= 15 is 0 Å². The predicted octanol–water partition coefficient (Wildman–Crippen LogP) is 5.35. The second-order valence-corrected chi connectivity index (χ2v) is 7.98. The Bertz CT molecular complexity index is 1460. The van der Waals surface area contributed by atoms with Crippen molar-refractivity contribution >= 4 is 10.8 Å². The summed E-state index contributed by atoms with van der Waals surface area (Å²) >= 11 is 0. The van der Waals surface area contributed by atoms with Gasteiger partial charge in [-0.15, -0.1) is 0 Å². The van der Waals surface area contributed by atoms with Gasteiger partial charge in [0.05, 0.1) is 13.0 Å². The van der Waals surface area contributed by atoms with Gasteiger partial charge in [-0.1, -0.05) is 54.6 Å². The van der Waals surface area contributed by atoms with Crippen LogP contribution in [0.3, 0.4) is 0 Å². The molecule has 0 spiro atoms. The van der Waals surface area contributed by atoms with Gasteiger partial charge in [-0.2, -0.15) is 5.26 Å². The van der Waals surface area contributed by atoms with E-state index in [1.165, 1.54) is 6.07 Å². The van der Waals surface area contributed by atoms with Gasteiger partial charge in [0.2, 0.25) is 5.88 Å². The van der Waals surface area contributed by atoms with Crippen LogP contribution in [0, 0.1) is 11.3 Å². The number of fused-ring (bicyclic) bond motifs is 2. The molecule has 34 heavy (non-hydrogen) atoms. The molecule has 4 aromatic carbocycles. The number of phenolic OH excluding ortho intramolecular Hbond substituents is 1. The van der Waals surface area contributed by atoms with Gasteiger partial charge < -0.3 is 25.1 Å². The molecule has 0 saturated heterocycles. The monoisotopic (exact) mass is 450 g/mol. The third-order valence-electron chi connectivity index (χ3n) is 5.99. The minimum Gasteiger partial charge on any atom is -0.508 e. The third kappa shape index (κ3) is 3.74. The zero-order valence-electron chi connectivity index (χ0n) is 18.5. The first-order valence-electron chi connectivity index (χ1n) is 10.8. The van der Waals surface area contributed by atoms with E-state index in [9.17, 15) is 10.4 Å². The SMILES string of the molecule is COc1cc([C@H]2C(C#N)=C(N)Oc3cc(O)ccc32)ccc1OCc1cccc2ccccc12. The van der Waals surface area contributed by atoms with Crippen molar-refractivity contribution in [3.63, 3.8) is 0 Å². The van der Waals surface area contributed by atoms with E-state index in [-0.39, 0.29) is 11.6 Å². The Morgan fingerprint density at radius 1 is 1.00 bits per heavy atom. The molecule has 0 aromatic heterocycles. The quantitative estimate of drug-likeness (QED) is 0.425. The van der Waals surface area contributed by atoms with Crippen LogP contribution in [0.5, 0.6) is 23.0 Å². The number of aromatic hydroxyl groups is 1. The maximum atomic E-state index is 9.85. The summed E-state index contributed by atoms with van der Waals surface area (Å²) in [6.07, 6.45) is 0. The van der Waals surface area contributed by atoms with Crippen LogP contribution in [-0.4, -0.2) is 12.2 Å². The predicted molar refractivity (Wildman–Crippen MR) is 129 cm³/mol. The summed E-state index contributed by atoms with van der Waals surface area (Å²) in [5.74, 6) is 1.15. The van der Waals surface area contributed by atoms with Crippen LogP contribution in [0.4, 0.5) is 0 Å². The Balaban J connectivity index is 1.49. The minimum atomic E-state index is -0.463. The van der Waals surface area contributed by atoms with Crippen molar-refractivity contribution in [3.05, 3.63) is 107 Å². The number of nitriles is 1. The van der Waals surface area contributed by atoms with Crippen molar-refractivity contribution in [1.29, 1.82) is 5.26 Å². The lowest BCUT2D eigenvalue weighted by Gasteiger charge is -2.27. The maximum Gasteiger partial charge on any atom is 0.205 e. The molecule has 1 atom stereocenters. The summed E-state index contributed by atoms with van der Waals surface area (Å²) in [7, 11) is 1.58. The molecular formula is C28H22N2O4. The molecule has 0 fully saturated rings. The summed E-state index contributed by atoms with van der Waals surface area (Å²) in [6, 6.07) is 26.8. The molecule has 1 heterocycles. The Morgan fingerprint density at radius 3 is 2.65 bits per heavy atom. The first-order valence-corrected chi connectivity index (χ1v) is 10.8. The van der Waals surface area contributed by atoms with Crippen LogP contribution < -0.4 is 19.9 Å². The van der Waals surface area contributed by atoms with Crippen LogP contribution in [0.2, 0.25) is 0 Å². The lowest BCUT2D eigenvalue weighted by atomic mass is 9.83. The Labute approximate surface area is 197 Å². The van der Waals surface area contributed by atoms with E-state index in [4.69, 9.17) is 19.9 Å². The van der Waals surface area contributed by atoms with Crippen LogP contribution >= 0.6 is 0 Å². The number of allylic oxidation sites excluding steroid dienone is 1. The first kappa shape index (κ1) is 21.2. The topological polar surface area (TPSA) is 97.7 Å². The fourth-order valence-electron chi connectivity index (χ4n) is 4.34. The molecule has 0 bridgehead atoms. The fraction of sp³-hybridized carbons (Fsp3) is 0.107.